The van der Waals surface area contributed by atoms with Crippen LogP contribution in [0, 0.1) is 0 Å². The second-order valence-electron chi connectivity index (χ2n) is 4.74. The van der Waals surface area contributed by atoms with Crippen LogP contribution in [-0.2, 0) is 6.42 Å². The zero-order chi connectivity index (χ0) is 17.0. The third kappa shape index (κ3) is 3.70. The van der Waals surface area contributed by atoms with Crippen LogP contribution in [0.25, 0.3) is 0 Å². The number of nitrogens with two attached hydrogens (primary N) is 1. The van der Waals surface area contributed by atoms with E-state index in [0.717, 1.165) is 5.56 Å². The lowest BCUT2D eigenvalue weighted by Crippen LogP contribution is -2.24. The molecule has 23 heavy (non-hydrogen) atoms. The van der Waals surface area contributed by atoms with Crippen molar-refractivity contribution in [1.29, 1.82) is 0 Å². The number of hydrogen-bond donors (Lipinski definition) is 2. The SMILES string of the molecule is COc1c(/C=N\NC(N)=S)c(C[C@@H](C)Cl)c(OC)c2c1OCO2. The van der Waals surface area contributed by atoms with E-state index in [1.165, 1.54) is 13.3 Å². The van der Waals surface area contributed by atoms with Gasteiger partial charge < -0.3 is 24.7 Å². The zero-order valence-electron chi connectivity index (χ0n) is 13.0. The smallest absolute Gasteiger partial charge is 0.231 e. The summed E-state index contributed by atoms with van der Waals surface area (Å²) in [5.74, 6) is 1.99. The van der Waals surface area contributed by atoms with Gasteiger partial charge in [-0.05, 0) is 25.6 Å². The highest BCUT2D eigenvalue weighted by molar-refractivity contribution is 7.80. The summed E-state index contributed by atoms with van der Waals surface area (Å²) in [5, 5.41) is 3.92. The molecule has 0 fully saturated rings. The van der Waals surface area contributed by atoms with Crippen molar-refractivity contribution in [1.82, 2.24) is 5.43 Å². The minimum atomic E-state index is -0.135. The fourth-order valence-electron chi connectivity index (χ4n) is 2.33. The van der Waals surface area contributed by atoms with Gasteiger partial charge in [0.2, 0.25) is 18.3 Å². The number of hydrogen-bond acceptors (Lipinski definition) is 6. The number of nitrogens with one attached hydrogen (secondary N) is 1. The van der Waals surface area contributed by atoms with Crippen LogP contribution >= 0.6 is 23.8 Å². The molecule has 9 heteroatoms. The minimum Gasteiger partial charge on any atom is -0.492 e. The van der Waals surface area contributed by atoms with Gasteiger partial charge in [-0.3, -0.25) is 5.43 Å². The normalized spacial score (nSPS) is 13.9. The van der Waals surface area contributed by atoms with E-state index in [0.29, 0.717) is 35.0 Å². The summed E-state index contributed by atoms with van der Waals surface area (Å²) >= 11 is 10.9. The lowest BCUT2D eigenvalue weighted by molar-refractivity contribution is 0.168. The molecule has 0 unspecified atom stereocenters. The monoisotopic (exact) mass is 359 g/mol. The van der Waals surface area contributed by atoms with Crippen molar-refractivity contribution in [3.8, 4) is 23.0 Å². The van der Waals surface area contributed by atoms with E-state index in [9.17, 15) is 0 Å². The molecule has 1 aliphatic heterocycles. The highest BCUT2D eigenvalue weighted by atomic mass is 35.5. The van der Waals surface area contributed by atoms with Crippen LogP contribution < -0.4 is 30.1 Å². The maximum atomic E-state index is 6.17. The van der Waals surface area contributed by atoms with E-state index in [1.807, 2.05) is 6.92 Å². The Morgan fingerprint density at radius 2 is 2.00 bits per heavy atom. The van der Waals surface area contributed by atoms with E-state index in [1.54, 1.807) is 7.11 Å². The molecule has 1 aliphatic rings. The van der Waals surface area contributed by atoms with E-state index in [2.05, 4.69) is 10.5 Å². The van der Waals surface area contributed by atoms with E-state index >= 15 is 0 Å². The highest BCUT2D eigenvalue weighted by Crippen LogP contribution is 2.52. The van der Waals surface area contributed by atoms with Crippen LogP contribution in [0.5, 0.6) is 23.0 Å². The van der Waals surface area contributed by atoms with Crippen molar-refractivity contribution in [2.45, 2.75) is 18.7 Å². The molecule has 126 valence electrons. The predicted octanol–water partition coefficient (Wildman–Crippen LogP) is 1.77. The summed E-state index contributed by atoms with van der Waals surface area (Å²) in [6.45, 7) is 1.97. The molecule has 0 saturated heterocycles. The summed E-state index contributed by atoms with van der Waals surface area (Å²) in [5.41, 5.74) is 9.34. The van der Waals surface area contributed by atoms with Crippen LogP contribution in [0.1, 0.15) is 18.1 Å². The largest absolute Gasteiger partial charge is 0.492 e. The van der Waals surface area contributed by atoms with Crippen LogP contribution in [0.15, 0.2) is 5.10 Å². The van der Waals surface area contributed by atoms with E-state index < -0.39 is 0 Å². The number of rotatable bonds is 6. The molecular weight excluding hydrogens is 342 g/mol. The third-order valence-corrected chi connectivity index (χ3v) is 3.38. The molecule has 1 heterocycles. The Kier molecular flexibility index (Phi) is 5.73. The number of thiocarbonyl (C=S) groups is 1. The number of benzene rings is 1. The molecular formula is C14H18ClN3O4S. The number of alkyl halides is 1. The van der Waals surface area contributed by atoms with Crippen LogP contribution in [-0.4, -0.2) is 37.7 Å². The lowest BCUT2D eigenvalue weighted by Gasteiger charge is -2.18. The molecule has 1 aromatic carbocycles. The Labute approximate surface area is 144 Å². The first-order valence-electron chi connectivity index (χ1n) is 6.78. The van der Waals surface area contributed by atoms with Gasteiger partial charge in [0, 0.05) is 16.5 Å². The second kappa shape index (κ2) is 7.56. The quantitative estimate of drug-likeness (QED) is 0.346. The fraction of sp³-hybridized carbons (Fsp3) is 0.429. The standard InChI is InChI=1S/C14H18ClN3O4S/c1-7(15)4-8-9(5-17-18-14(16)23)11(20-3)13-12(10(8)19-2)21-6-22-13/h5,7H,4,6H2,1-3H3,(H3,16,18,23)/b17-5-/t7-/m1/s1. The van der Waals surface area contributed by atoms with Crippen LogP contribution in [0.2, 0.25) is 0 Å². The van der Waals surface area contributed by atoms with Crippen molar-refractivity contribution < 1.29 is 18.9 Å². The molecule has 7 nitrogen and oxygen atoms in total. The molecule has 3 N–H and O–H groups in total. The van der Waals surface area contributed by atoms with Crippen LogP contribution in [0.3, 0.4) is 0 Å². The maximum Gasteiger partial charge on any atom is 0.231 e. The molecule has 0 amide bonds. The topological polar surface area (TPSA) is 87.3 Å². The maximum absolute atomic E-state index is 6.17. The number of hydrazone groups is 1. The fourth-order valence-corrected chi connectivity index (χ4v) is 2.54. The summed E-state index contributed by atoms with van der Waals surface area (Å²) in [6.07, 6.45) is 2.06. The van der Waals surface area contributed by atoms with Gasteiger partial charge in [0.05, 0.1) is 20.4 Å². The van der Waals surface area contributed by atoms with Gasteiger partial charge in [0.25, 0.3) is 0 Å². The molecule has 0 radical (unpaired) electrons. The average Bonchev–Trinajstić information content (AvgIpc) is 2.95. The Hall–Kier alpha value is -1.93. The van der Waals surface area contributed by atoms with E-state index in [-0.39, 0.29) is 17.3 Å². The van der Waals surface area contributed by atoms with Gasteiger partial charge in [-0.25, -0.2) is 0 Å². The Morgan fingerprint density at radius 3 is 2.52 bits per heavy atom. The van der Waals surface area contributed by atoms with Crippen molar-refractivity contribution in [2.24, 2.45) is 10.8 Å². The molecule has 0 spiro atoms. The minimum absolute atomic E-state index is 0.0557. The van der Waals surface area contributed by atoms with Crippen molar-refractivity contribution in [3.05, 3.63) is 11.1 Å². The number of nitrogens with zero attached hydrogens (tertiary/aromatic N) is 1. The Balaban J connectivity index is 2.63. The summed E-state index contributed by atoms with van der Waals surface area (Å²) in [6, 6.07) is 0. The van der Waals surface area contributed by atoms with Crippen molar-refractivity contribution in [3.63, 3.8) is 0 Å². The molecule has 1 atom stereocenters. The molecule has 1 aromatic rings. The number of methoxy groups -OCH3 is 2. The molecule has 2 rings (SSSR count). The Morgan fingerprint density at radius 1 is 1.39 bits per heavy atom. The number of ether oxygens (including phenoxy) is 4. The Bertz CT molecular complexity index is 637. The van der Waals surface area contributed by atoms with Crippen LogP contribution in [0.4, 0.5) is 0 Å². The molecule has 0 bridgehead atoms. The van der Waals surface area contributed by atoms with Crippen molar-refractivity contribution in [2.75, 3.05) is 21.0 Å². The third-order valence-electron chi connectivity index (χ3n) is 3.13. The highest BCUT2D eigenvalue weighted by Gasteiger charge is 2.31. The predicted molar refractivity (Wildman–Crippen MR) is 92.2 cm³/mol. The molecule has 0 aliphatic carbocycles. The summed E-state index contributed by atoms with van der Waals surface area (Å²) < 4.78 is 22.0. The molecule has 0 aromatic heterocycles. The second-order valence-corrected chi connectivity index (χ2v) is 5.93. The van der Waals surface area contributed by atoms with Gasteiger partial charge >= 0.3 is 0 Å². The molecule has 0 saturated carbocycles. The van der Waals surface area contributed by atoms with Crippen molar-refractivity contribution >= 4 is 35.1 Å². The van der Waals surface area contributed by atoms with Gasteiger partial charge in [0.1, 0.15) is 0 Å². The number of halogens is 1. The van der Waals surface area contributed by atoms with Gasteiger partial charge in [-0.1, -0.05) is 0 Å². The van der Waals surface area contributed by atoms with E-state index in [4.69, 9.17) is 48.5 Å². The first kappa shape index (κ1) is 17.4. The summed E-state index contributed by atoms with van der Waals surface area (Å²) in [4.78, 5) is 0. The van der Waals surface area contributed by atoms with Gasteiger partial charge in [-0.15, -0.1) is 11.6 Å². The lowest BCUT2D eigenvalue weighted by atomic mass is 9.99. The summed E-state index contributed by atoms with van der Waals surface area (Å²) in [7, 11) is 3.09. The zero-order valence-corrected chi connectivity index (χ0v) is 14.6. The first-order valence-corrected chi connectivity index (χ1v) is 7.63. The average molecular weight is 360 g/mol. The first-order chi connectivity index (χ1) is 11.0. The number of fused-ring (bicyclic) bond motifs is 1. The van der Waals surface area contributed by atoms with Gasteiger partial charge in [0.15, 0.2) is 16.6 Å². The van der Waals surface area contributed by atoms with Gasteiger partial charge in [-0.2, -0.15) is 5.10 Å².